The third kappa shape index (κ3) is 3.03. The summed E-state index contributed by atoms with van der Waals surface area (Å²) in [7, 11) is 0. The summed E-state index contributed by atoms with van der Waals surface area (Å²) < 4.78 is 5.41. The van der Waals surface area contributed by atoms with Gasteiger partial charge in [-0.25, -0.2) is 4.79 Å². The van der Waals surface area contributed by atoms with Crippen molar-refractivity contribution in [2.75, 3.05) is 5.32 Å². The van der Waals surface area contributed by atoms with E-state index < -0.39 is 5.97 Å². The van der Waals surface area contributed by atoms with Gasteiger partial charge in [0.1, 0.15) is 5.75 Å². The summed E-state index contributed by atoms with van der Waals surface area (Å²) in [5, 5.41) is 2.49. The Balaban J connectivity index is 2.26. The fourth-order valence-electron chi connectivity index (χ4n) is 1.90. The first-order chi connectivity index (χ1) is 9.76. The fraction of sp³-hybridized carbons (Fsp3) is 0.125. The van der Waals surface area contributed by atoms with Gasteiger partial charge in [-0.1, -0.05) is 37.3 Å². The summed E-state index contributed by atoms with van der Waals surface area (Å²) in [6, 6.07) is 14.1. The van der Waals surface area contributed by atoms with E-state index in [1.807, 2.05) is 25.1 Å². The number of esters is 1. The molecule has 2 aromatic carbocycles. The highest BCUT2D eigenvalue weighted by Crippen LogP contribution is 2.22. The fourth-order valence-corrected chi connectivity index (χ4v) is 1.90. The van der Waals surface area contributed by atoms with Gasteiger partial charge >= 0.3 is 5.97 Å². The van der Waals surface area contributed by atoms with E-state index in [4.69, 9.17) is 4.74 Å². The van der Waals surface area contributed by atoms with Gasteiger partial charge in [0.2, 0.25) is 6.41 Å². The van der Waals surface area contributed by atoms with E-state index in [1.54, 1.807) is 30.3 Å². The van der Waals surface area contributed by atoms with Crippen LogP contribution in [0.15, 0.2) is 48.5 Å². The Hall–Kier alpha value is -2.62. The molecule has 2 aromatic rings. The van der Waals surface area contributed by atoms with Crippen molar-refractivity contribution in [1.82, 2.24) is 0 Å². The molecule has 102 valence electrons. The van der Waals surface area contributed by atoms with E-state index in [0.717, 1.165) is 12.0 Å². The zero-order valence-electron chi connectivity index (χ0n) is 11.1. The molecular formula is C16H15NO3. The molecular weight excluding hydrogens is 254 g/mol. The lowest BCUT2D eigenvalue weighted by Gasteiger charge is -2.10. The molecule has 0 aliphatic rings. The van der Waals surface area contributed by atoms with Crippen molar-refractivity contribution in [2.45, 2.75) is 13.3 Å². The summed E-state index contributed by atoms with van der Waals surface area (Å²) in [6.45, 7) is 1.99. The number of para-hydroxylation sites is 2. The molecule has 1 amide bonds. The maximum atomic E-state index is 12.2. The Morgan fingerprint density at radius 3 is 2.60 bits per heavy atom. The number of aryl methyl sites for hydroxylation is 1. The second kappa shape index (κ2) is 6.52. The molecule has 0 saturated carbocycles. The van der Waals surface area contributed by atoms with Crippen LogP contribution >= 0.6 is 0 Å². The van der Waals surface area contributed by atoms with Gasteiger partial charge in [-0.2, -0.15) is 0 Å². The molecule has 4 heteroatoms. The summed E-state index contributed by atoms with van der Waals surface area (Å²) in [6.07, 6.45) is 1.31. The number of rotatable bonds is 5. The van der Waals surface area contributed by atoms with E-state index in [9.17, 15) is 9.59 Å². The molecule has 0 fully saturated rings. The summed E-state index contributed by atoms with van der Waals surface area (Å²) >= 11 is 0. The predicted octanol–water partition coefficient (Wildman–Crippen LogP) is 3.04. The van der Waals surface area contributed by atoms with Gasteiger partial charge in [0.15, 0.2) is 0 Å². The number of hydrogen-bond acceptors (Lipinski definition) is 3. The average Bonchev–Trinajstić information content (AvgIpc) is 2.48. The first kappa shape index (κ1) is 13.8. The van der Waals surface area contributed by atoms with E-state index in [1.165, 1.54) is 0 Å². The number of amides is 1. The highest BCUT2D eigenvalue weighted by molar-refractivity contribution is 5.98. The maximum Gasteiger partial charge on any atom is 0.345 e. The zero-order valence-corrected chi connectivity index (χ0v) is 11.1. The molecule has 1 N–H and O–H groups in total. The van der Waals surface area contributed by atoms with Gasteiger partial charge in [-0.3, -0.25) is 4.79 Å². The number of benzene rings is 2. The standard InChI is InChI=1S/C16H15NO3/c1-2-12-7-3-6-10-15(12)20-16(19)13-8-4-5-9-14(13)17-11-18/h3-11H,2H2,1H3,(H,17,18). The molecule has 4 nitrogen and oxygen atoms in total. The summed E-state index contributed by atoms with van der Waals surface area (Å²) in [5.74, 6) is 0.0526. The molecule has 0 bridgehead atoms. The molecule has 0 atom stereocenters. The molecule has 0 unspecified atom stereocenters. The Bertz CT molecular complexity index is 623. The predicted molar refractivity (Wildman–Crippen MR) is 76.9 cm³/mol. The Morgan fingerprint density at radius 1 is 1.15 bits per heavy atom. The number of hydrogen-bond donors (Lipinski definition) is 1. The van der Waals surface area contributed by atoms with Crippen molar-refractivity contribution < 1.29 is 14.3 Å². The number of anilines is 1. The second-order valence-corrected chi connectivity index (χ2v) is 4.16. The van der Waals surface area contributed by atoms with Crippen LogP contribution in [0.5, 0.6) is 5.75 Å². The third-order valence-corrected chi connectivity index (χ3v) is 2.92. The largest absolute Gasteiger partial charge is 0.423 e. The number of carbonyl (C=O) groups excluding carboxylic acids is 2. The molecule has 0 heterocycles. The lowest BCUT2D eigenvalue weighted by atomic mass is 10.1. The number of nitrogens with one attached hydrogen (secondary N) is 1. The van der Waals surface area contributed by atoms with Crippen LogP contribution in [0.4, 0.5) is 5.69 Å². The van der Waals surface area contributed by atoms with Gasteiger partial charge in [-0.15, -0.1) is 0 Å². The number of carbonyl (C=O) groups is 2. The van der Waals surface area contributed by atoms with Crippen LogP contribution in [0.3, 0.4) is 0 Å². The van der Waals surface area contributed by atoms with Gasteiger partial charge in [0.25, 0.3) is 0 Å². The molecule has 0 aromatic heterocycles. The molecule has 0 radical (unpaired) electrons. The van der Waals surface area contributed by atoms with Gasteiger partial charge in [0.05, 0.1) is 11.3 Å². The van der Waals surface area contributed by atoms with E-state index in [0.29, 0.717) is 23.4 Å². The summed E-state index contributed by atoms with van der Waals surface area (Å²) in [4.78, 5) is 22.7. The highest BCUT2D eigenvalue weighted by atomic mass is 16.5. The van der Waals surface area contributed by atoms with Crippen LogP contribution in [-0.2, 0) is 11.2 Å². The molecule has 0 spiro atoms. The van der Waals surface area contributed by atoms with Gasteiger partial charge < -0.3 is 10.1 Å². The highest BCUT2D eigenvalue weighted by Gasteiger charge is 2.14. The van der Waals surface area contributed by atoms with Crippen molar-refractivity contribution in [1.29, 1.82) is 0 Å². The van der Waals surface area contributed by atoms with Gasteiger partial charge in [0, 0.05) is 0 Å². The summed E-state index contributed by atoms with van der Waals surface area (Å²) in [5.41, 5.74) is 1.72. The maximum absolute atomic E-state index is 12.2. The van der Waals surface area contributed by atoms with E-state index >= 15 is 0 Å². The van der Waals surface area contributed by atoms with Crippen LogP contribution in [0, 0.1) is 0 Å². The van der Waals surface area contributed by atoms with Crippen molar-refractivity contribution in [3.8, 4) is 5.75 Å². The molecule has 2 rings (SSSR count). The lowest BCUT2D eigenvalue weighted by molar-refractivity contribution is -0.105. The minimum Gasteiger partial charge on any atom is -0.423 e. The molecule has 0 saturated heterocycles. The molecule has 0 aliphatic heterocycles. The minimum absolute atomic E-state index is 0.325. The first-order valence-corrected chi connectivity index (χ1v) is 6.35. The SMILES string of the molecule is CCc1ccccc1OC(=O)c1ccccc1NC=O. The van der Waals surface area contributed by atoms with Crippen LogP contribution in [0.2, 0.25) is 0 Å². The first-order valence-electron chi connectivity index (χ1n) is 6.35. The van der Waals surface area contributed by atoms with Crippen molar-refractivity contribution in [3.05, 3.63) is 59.7 Å². The number of ether oxygens (including phenoxy) is 1. The normalized spacial score (nSPS) is 9.85. The van der Waals surface area contributed by atoms with Gasteiger partial charge in [-0.05, 0) is 30.2 Å². The van der Waals surface area contributed by atoms with Crippen molar-refractivity contribution in [3.63, 3.8) is 0 Å². The van der Waals surface area contributed by atoms with Crippen molar-refractivity contribution in [2.24, 2.45) is 0 Å². The van der Waals surface area contributed by atoms with Crippen LogP contribution in [0.1, 0.15) is 22.8 Å². The Morgan fingerprint density at radius 2 is 1.85 bits per heavy atom. The smallest absolute Gasteiger partial charge is 0.345 e. The van der Waals surface area contributed by atoms with Crippen molar-refractivity contribution >= 4 is 18.1 Å². The van der Waals surface area contributed by atoms with E-state index in [-0.39, 0.29) is 0 Å². The quantitative estimate of drug-likeness (QED) is 0.515. The average molecular weight is 269 g/mol. The monoisotopic (exact) mass is 269 g/mol. The van der Waals surface area contributed by atoms with E-state index in [2.05, 4.69) is 5.32 Å². The van der Waals surface area contributed by atoms with Crippen LogP contribution in [-0.4, -0.2) is 12.4 Å². The molecule has 20 heavy (non-hydrogen) atoms. The third-order valence-electron chi connectivity index (χ3n) is 2.92. The Kier molecular flexibility index (Phi) is 4.50. The topological polar surface area (TPSA) is 55.4 Å². The van der Waals surface area contributed by atoms with Crippen LogP contribution in [0.25, 0.3) is 0 Å². The van der Waals surface area contributed by atoms with Crippen LogP contribution < -0.4 is 10.1 Å². The second-order valence-electron chi connectivity index (χ2n) is 4.16. The lowest BCUT2D eigenvalue weighted by Crippen LogP contribution is -2.12. The molecule has 0 aliphatic carbocycles. The zero-order chi connectivity index (χ0) is 14.4. The minimum atomic E-state index is -0.490. The Labute approximate surface area is 117 Å².